The van der Waals surface area contributed by atoms with Crippen molar-refractivity contribution in [3.05, 3.63) is 35.4 Å². The minimum Gasteiger partial charge on any atom is -0.378 e. The van der Waals surface area contributed by atoms with Crippen LogP contribution in [0, 0.1) is 0 Å². The lowest BCUT2D eigenvalue weighted by Crippen LogP contribution is -2.27. The van der Waals surface area contributed by atoms with Gasteiger partial charge in [-0.25, -0.2) is 0 Å². The predicted octanol–water partition coefficient (Wildman–Crippen LogP) is 0.197. The average Bonchev–Trinajstić information content (AvgIpc) is 2.65. The summed E-state index contributed by atoms with van der Waals surface area (Å²) in [4.78, 5) is 34.5. The Kier molecular flexibility index (Phi) is 11.1. The van der Waals surface area contributed by atoms with Crippen molar-refractivity contribution in [2.75, 3.05) is 52.7 Å². The van der Waals surface area contributed by atoms with Crippen LogP contribution in [0.2, 0.25) is 0 Å². The third-order valence-corrected chi connectivity index (χ3v) is 3.27. The van der Waals surface area contributed by atoms with Gasteiger partial charge in [0.2, 0.25) is 5.78 Å². The highest BCUT2D eigenvalue weighted by Crippen LogP contribution is 2.06. The first-order valence-electron chi connectivity index (χ1n) is 8.43. The standard InChI is InChI=1S/C18H26N2O6/c1-14(21)17(22)15-2-4-16(5-3-15)18(23)20-7-9-25-11-13-26-12-10-24-8-6-19/h2-5H,6-13,19H2,1H3,(H,20,23). The molecule has 1 aromatic carbocycles. The van der Waals surface area contributed by atoms with Gasteiger partial charge >= 0.3 is 0 Å². The normalized spacial score (nSPS) is 10.5. The number of ether oxygens (including phenoxy) is 3. The van der Waals surface area contributed by atoms with Gasteiger partial charge in [-0.2, -0.15) is 0 Å². The Morgan fingerprint density at radius 2 is 1.35 bits per heavy atom. The summed E-state index contributed by atoms with van der Waals surface area (Å²) in [7, 11) is 0. The van der Waals surface area contributed by atoms with E-state index in [0.717, 1.165) is 0 Å². The molecule has 0 spiro atoms. The first-order valence-corrected chi connectivity index (χ1v) is 8.43. The molecule has 0 bridgehead atoms. The number of carbonyl (C=O) groups excluding carboxylic acids is 3. The van der Waals surface area contributed by atoms with Crippen LogP contribution >= 0.6 is 0 Å². The molecular weight excluding hydrogens is 340 g/mol. The number of nitrogens with two attached hydrogens (primary N) is 1. The maximum absolute atomic E-state index is 12.0. The fourth-order valence-corrected chi connectivity index (χ4v) is 1.94. The first-order chi connectivity index (χ1) is 12.6. The second kappa shape index (κ2) is 13.1. The maximum atomic E-state index is 12.0. The van der Waals surface area contributed by atoms with E-state index in [1.807, 2.05) is 0 Å². The van der Waals surface area contributed by atoms with Gasteiger partial charge in [0.05, 0.1) is 39.6 Å². The molecule has 0 saturated carbocycles. The zero-order chi connectivity index (χ0) is 19.2. The first kappa shape index (κ1) is 21.9. The van der Waals surface area contributed by atoms with Gasteiger partial charge in [0.1, 0.15) is 0 Å². The average molecular weight is 366 g/mol. The molecule has 3 N–H and O–H groups in total. The summed E-state index contributed by atoms with van der Waals surface area (Å²) in [5, 5.41) is 2.71. The molecule has 0 unspecified atom stereocenters. The van der Waals surface area contributed by atoms with Crippen LogP contribution in [0.4, 0.5) is 0 Å². The molecule has 0 radical (unpaired) electrons. The molecule has 8 heteroatoms. The highest BCUT2D eigenvalue weighted by molar-refractivity contribution is 6.42. The largest absolute Gasteiger partial charge is 0.378 e. The minimum absolute atomic E-state index is 0.269. The Morgan fingerprint density at radius 1 is 0.846 bits per heavy atom. The lowest BCUT2D eigenvalue weighted by atomic mass is 10.1. The Labute approximate surface area is 153 Å². The van der Waals surface area contributed by atoms with E-state index in [-0.39, 0.29) is 11.5 Å². The molecular formula is C18H26N2O6. The molecule has 1 rings (SSSR count). The summed E-state index contributed by atoms with van der Waals surface area (Å²) in [6.45, 7) is 4.81. The highest BCUT2D eigenvalue weighted by Gasteiger charge is 2.12. The number of ketones is 2. The van der Waals surface area contributed by atoms with Crippen LogP contribution in [0.3, 0.4) is 0 Å². The van der Waals surface area contributed by atoms with Crippen molar-refractivity contribution >= 4 is 17.5 Å². The van der Waals surface area contributed by atoms with Crippen molar-refractivity contribution in [3.63, 3.8) is 0 Å². The molecule has 0 saturated heterocycles. The quantitative estimate of drug-likeness (QED) is 0.274. The van der Waals surface area contributed by atoms with E-state index in [4.69, 9.17) is 19.9 Å². The van der Waals surface area contributed by atoms with Gasteiger partial charge in [0.25, 0.3) is 5.91 Å². The van der Waals surface area contributed by atoms with Gasteiger partial charge in [0.15, 0.2) is 5.78 Å². The lowest BCUT2D eigenvalue weighted by Gasteiger charge is -2.08. The smallest absolute Gasteiger partial charge is 0.251 e. The van der Waals surface area contributed by atoms with Crippen molar-refractivity contribution in [2.24, 2.45) is 5.73 Å². The SMILES string of the molecule is CC(=O)C(=O)c1ccc(C(=O)NCCOCCOCCOCCN)cc1. The highest BCUT2D eigenvalue weighted by atomic mass is 16.5. The van der Waals surface area contributed by atoms with Crippen LogP contribution in [0.15, 0.2) is 24.3 Å². The number of nitrogens with one attached hydrogen (secondary N) is 1. The monoisotopic (exact) mass is 366 g/mol. The number of Topliss-reactive ketones (excluding diaryl/α,β-unsaturated/α-hetero) is 2. The molecule has 0 aliphatic carbocycles. The van der Waals surface area contributed by atoms with E-state index in [0.29, 0.717) is 58.3 Å². The number of carbonyl (C=O) groups is 3. The van der Waals surface area contributed by atoms with E-state index >= 15 is 0 Å². The second-order valence-electron chi connectivity index (χ2n) is 5.34. The molecule has 0 heterocycles. The van der Waals surface area contributed by atoms with Crippen LogP contribution in [0.5, 0.6) is 0 Å². The molecule has 0 aliphatic heterocycles. The van der Waals surface area contributed by atoms with Crippen LogP contribution in [0.1, 0.15) is 27.6 Å². The second-order valence-corrected chi connectivity index (χ2v) is 5.34. The van der Waals surface area contributed by atoms with Gasteiger partial charge < -0.3 is 25.3 Å². The molecule has 144 valence electrons. The van der Waals surface area contributed by atoms with Crippen molar-refractivity contribution < 1.29 is 28.6 Å². The van der Waals surface area contributed by atoms with Crippen LogP contribution in [-0.4, -0.2) is 70.2 Å². The van der Waals surface area contributed by atoms with Gasteiger partial charge in [-0.1, -0.05) is 12.1 Å². The molecule has 8 nitrogen and oxygen atoms in total. The fraction of sp³-hybridized carbons (Fsp3) is 0.500. The molecule has 0 fully saturated rings. The van der Waals surface area contributed by atoms with Crippen LogP contribution in [0.25, 0.3) is 0 Å². The molecule has 26 heavy (non-hydrogen) atoms. The van der Waals surface area contributed by atoms with Crippen molar-refractivity contribution in [1.82, 2.24) is 5.32 Å². The Morgan fingerprint density at radius 3 is 1.88 bits per heavy atom. The van der Waals surface area contributed by atoms with E-state index in [9.17, 15) is 14.4 Å². The number of rotatable bonds is 14. The zero-order valence-electron chi connectivity index (χ0n) is 15.0. The summed E-state index contributed by atoms with van der Waals surface area (Å²) in [6, 6.07) is 5.94. The maximum Gasteiger partial charge on any atom is 0.251 e. The fourth-order valence-electron chi connectivity index (χ4n) is 1.94. The Balaban J connectivity index is 2.11. The third-order valence-electron chi connectivity index (χ3n) is 3.27. The van der Waals surface area contributed by atoms with E-state index in [1.54, 1.807) is 0 Å². The summed E-state index contributed by atoms with van der Waals surface area (Å²) in [6.07, 6.45) is 0. The molecule has 1 amide bonds. The number of benzene rings is 1. The Hall–Kier alpha value is -2.13. The zero-order valence-corrected chi connectivity index (χ0v) is 15.0. The summed E-state index contributed by atoms with van der Waals surface area (Å²) in [5.41, 5.74) is 5.96. The summed E-state index contributed by atoms with van der Waals surface area (Å²) in [5.74, 6) is -1.38. The molecule has 0 aliphatic rings. The van der Waals surface area contributed by atoms with Gasteiger partial charge in [-0.3, -0.25) is 14.4 Å². The molecule has 0 aromatic heterocycles. The molecule has 1 aromatic rings. The topological polar surface area (TPSA) is 117 Å². The van der Waals surface area contributed by atoms with Crippen LogP contribution < -0.4 is 11.1 Å². The third kappa shape index (κ3) is 8.82. The summed E-state index contributed by atoms with van der Waals surface area (Å²) >= 11 is 0. The number of amides is 1. The Bertz CT molecular complexity index is 574. The number of hydrogen-bond acceptors (Lipinski definition) is 7. The van der Waals surface area contributed by atoms with Gasteiger partial charge in [-0.15, -0.1) is 0 Å². The van der Waals surface area contributed by atoms with Crippen molar-refractivity contribution in [2.45, 2.75) is 6.92 Å². The van der Waals surface area contributed by atoms with E-state index in [2.05, 4.69) is 5.32 Å². The van der Waals surface area contributed by atoms with Crippen molar-refractivity contribution in [3.8, 4) is 0 Å². The van der Waals surface area contributed by atoms with Crippen LogP contribution in [-0.2, 0) is 19.0 Å². The predicted molar refractivity (Wildman–Crippen MR) is 95.3 cm³/mol. The minimum atomic E-state index is -0.571. The van der Waals surface area contributed by atoms with Gasteiger partial charge in [-0.05, 0) is 12.1 Å². The van der Waals surface area contributed by atoms with Crippen molar-refractivity contribution in [1.29, 1.82) is 0 Å². The van der Waals surface area contributed by atoms with E-state index in [1.165, 1.54) is 31.2 Å². The number of hydrogen-bond donors (Lipinski definition) is 2. The lowest BCUT2D eigenvalue weighted by molar-refractivity contribution is -0.113. The van der Waals surface area contributed by atoms with E-state index < -0.39 is 11.6 Å². The van der Waals surface area contributed by atoms with Gasteiger partial charge in [0, 0.05) is 31.1 Å². The summed E-state index contributed by atoms with van der Waals surface area (Å²) < 4.78 is 15.8. The molecule has 0 atom stereocenters.